The van der Waals surface area contributed by atoms with Crippen LogP contribution in [0.25, 0.3) is 11.5 Å². The molecule has 11 heteroatoms. The van der Waals surface area contributed by atoms with Crippen molar-refractivity contribution in [3.05, 3.63) is 23.3 Å². The summed E-state index contributed by atoms with van der Waals surface area (Å²) in [6.45, 7) is 1.08. The van der Waals surface area contributed by atoms with Crippen LogP contribution in [0.4, 0.5) is 5.13 Å². The smallest absolute Gasteiger partial charge is 0.303 e. The predicted octanol–water partition coefficient (Wildman–Crippen LogP) is 0.909. The van der Waals surface area contributed by atoms with Gasteiger partial charge in [-0.1, -0.05) is 0 Å². The molecule has 2 heterocycles. The molecule has 5 N–H and O–H groups in total. The Kier molecular flexibility index (Phi) is 7.21. The minimum Gasteiger partial charge on any atom is -0.458 e. The molecule has 0 bridgehead atoms. The average molecular weight is 374 g/mol. The lowest BCUT2D eigenvalue weighted by Gasteiger charge is -2.03. The highest BCUT2D eigenvalue weighted by Gasteiger charge is 2.10. The molecule has 2 aromatic rings. The standard InChI is InChI=1S/C13H15N5O4S.ClH/c1-7(19)21-5-11(20)16-4-8-2-3-10(22-8)9-6-23-13(17-9)18-12(14)15;/h2-3,6H,4-5H2,1H3,(H,16,20)(H4,14,15,17,18);1H. The Hall–Kier alpha value is -2.59. The number of carbonyl (C=O) groups excluding carboxylic acids is 2. The van der Waals surface area contributed by atoms with Crippen molar-refractivity contribution in [1.82, 2.24) is 10.3 Å². The molecule has 0 aliphatic heterocycles. The molecule has 0 fully saturated rings. The fourth-order valence-electron chi connectivity index (χ4n) is 1.55. The van der Waals surface area contributed by atoms with E-state index >= 15 is 0 Å². The molecule has 0 aromatic carbocycles. The second-order valence-corrected chi connectivity index (χ2v) is 5.21. The van der Waals surface area contributed by atoms with Crippen molar-refractivity contribution in [3.8, 4) is 11.5 Å². The van der Waals surface area contributed by atoms with Gasteiger partial charge in [-0.2, -0.15) is 4.99 Å². The van der Waals surface area contributed by atoms with Gasteiger partial charge in [-0.15, -0.1) is 23.7 Å². The number of rotatable bonds is 6. The van der Waals surface area contributed by atoms with Crippen LogP contribution in [0.3, 0.4) is 0 Å². The third-order valence-corrected chi connectivity index (χ3v) is 3.23. The number of esters is 1. The number of ether oxygens (including phenoxy) is 1. The number of nitrogens with two attached hydrogens (primary N) is 2. The summed E-state index contributed by atoms with van der Waals surface area (Å²) < 4.78 is 10.2. The Morgan fingerprint density at radius 3 is 2.83 bits per heavy atom. The third kappa shape index (κ3) is 5.89. The number of thiazole rings is 1. The molecule has 130 valence electrons. The Bertz CT molecular complexity index is 738. The number of carbonyl (C=O) groups is 2. The van der Waals surface area contributed by atoms with Crippen LogP contribution in [0.5, 0.6) is 0 Å². The van der Waals surface area contributed by atoms with Gasteiger partial charge >= 0.3 is 5.97 Å². The average Bonchev–Trinajstić information content (AvgIpc) is 3.11. The van der Waals surface area contributed by atoms with E-state index in [1.807, 2.05) is 0 Å². The molecule has 0 radical (unpaired) electrons. The molecule has 0 atom stereocenters. The quantitative estimate of drug-likeness (QED) is 0.387. The first-order chi connectivity index (χ1) is 10.9. The van der Waals surface area contributed by atoms with Crippen LogP contribution in [-0.4, -0.2) is 29.4 Å². The number of hydrogen-bond acceptors (Lipinski definition) is 7. The van der Waals surface area contributed by atoms with Gasteiger partial charge in [-0.25, -0.2) is 4.98 Å². The van der Waals surface area contributed by atoms with Crippen molar-refractivity contribution in [3.63, 3.8) is 0 Å². The minimum atomic E-state index is -0.513. The van der Waals surface area contributed by atoms with Gasteiger partial charge in [-0.3, -0.25) is 9.59 Å². The minimum absolute atomic E-state index is 0. The predicted molar refractivity (Wildman–Crippen MR) is 91.0 cm³/mol. The maximum absolute atomic E-state index is 11.4. The summed E-state index contributed by atoms with van der Waals surface area (Å²) in [7, 11) is 0. The van der Waals surface area contributed by atoms with Crippen LogP contribution in [0.2, 0.25) is 0 Å². The molecule has 0 saturated carbocycles. The van der Waals surface area contributed by atoms with E-state index < -0.39 is 11.9 Å². The van der Waals surface area contributed by atoms with Gasteiger partial charge in [0, 0.05) is 12.3 Å². The summed E-state index contributed by atoms with van der Waals surface area (Å²) in [5, 5.41) is 4.75. The number of halogens is 1. The first-order valence-electron chi connectivity index (χ1n) is 6.48. The normalized spacial score (nSPS) is 9.71. The fraction of sp³-hybridized carbons (Fsp3) is 0.231. The Labute approximate surface area is 147 Å². The lowest BCUT2D eigenvalue weighted by atomic mass is 10.3. The van der Waals surface area contributed by atoms with Crippen LogP contribution < -0.4 is 16.8 Å². The van der Waals surface area contributed by atoms with Gasteiger partial charge in [0.25, 0.3) is 5.91 Å². The summed E-state index contributed by atoms with van der Waals surface area (Å²) in [6, 6.07) is 3.43. The number of hydrogen-bond donors (Lipinski definition) is 3. The number of nitrogens with one attached hydrogen (secondary N) is 1. The molecular weight excluding hydrogens is 358 g/mol. The molecule has 2 rings (SSSR count). The van der Waals surface area contributed by atoms with Gasteiger partial charge < -0.3 is 25.9 Å². The van der Waals surface area contributed by atoms with Crippen LogP contribution in [0, 0.1) is 0 Å². The fourth-order valence-corrected chi connectivity index (χ4v) is 2.25. The van der Waals surface area contributed by atoms with Crippen LogP contribution in [-0.2, 0) is 20.9 Å². The molecule has 9 nitrogen and oxygen atoms in total. The Morgan fingerprint density at radius 1 is 1.42 bits per heavy atom. The highest BCUT2D eigenvalue weighted by Crippen LogP contribution is 2.27. The zero-order valence-corrected chi connectivity index (χ0v) is 14.3. The van der Waals surface area contributed by atoms with Crippen molar-refractivity contribution in [2.45, 2.75) is 13.5 Å². The number of aliphatic imine (C=N–C) groups is 1. The van der Waals surface area contributed by atoms with Crippen LogP contribution in [0.1, 0.15) is 12.7 Å². The van der Waals surface area contributed by atoms with Gasteiger partial charge in [-0.05, 0) is 12.1 Å². The zero-order chi connectivity index (χ0) is 16.8. The number of nitrogens with zero attached hydrogens (tertiary/aromatic N) is 2. The lowest BCUT2D eigenvalue weighted by molar-refractivity contribution is -0.146. The van der Waals surface area contributed by atoms with E-state index in [4.69, 9.17) is 15.9 Å². The summed E-state index contributed by atoms with van der Waals surface area (Å²) in [4.78, 5) is 30.1. The molecule has 0 unspecified atom stereocenters. The number of amides is 1. The maximum Gasteiger partial charge on any atom is 0.303 e. The molecule has 1 amide bonds. The monoisotopic (exact) mass is 373 g/mol. The van der Waals surface area contributed by atoms with E-state index in [0.29, 0.717) is 22.3 Å². The number of guanidine groups is 1. The molecule has 2 aromatic heterocycles. The SMILES string of the molecule is CC(=O)OCC(=O)NCc1ccc(-c2csc(N=C(N)N)n2)o1.Cl. The van der Waals surface area contributed by atoms with Gasteiger partial charge in [0.2, 0.25) is 5.13 Å². The number of aromatic nitrogens is 1. The second-order valence-electron chi connectivity index (χ2n) is 4.37. The summed E-state index contributed by atoms with van der Waals surface area (Å²) in [5.74, 6) is 0.0685. The van der Waals surface area contributed by atoms with E-state index in [-0.39, 0.29) is 31.5 Å². The van der Waals surface area contributed by atoms with Crippen molar-refractivity contribution in [1.29, 1.82) is 0 Å². The van der Waals surface area contributed by atoms with E-state index in [1.54, 1.807) is 17.5 Å². The van der Waals surface area contributed by atoms with Gasteiger partial charge in [0.05, 0.1) is 6.54 Å². The maximum atomic E-state index is 11.4. The molecule has 24 heavy (non-hydrogen) atoms. The van der Waals surface area contributed by atoms with Gasteiger partial charge in [0.15, 0.2) is 18.3 Å². The van der Waals surface area contributed by atoms with E-state index in [0.717, 1.165) is 0 Å². The van der Waals surface area contributed by atoms with Crippen molar-refractivity contribution < 1.29 is 18.7 Å². The zero-order valence-electron chi connectivity index (χ0n) is 12.6. The van der Waals surface area contributed by atoms with E-state index in [2.05, 4.69) is 20.0 Å². The topological polar surface area (TPSA) is 146 Å². The van der Waals surface area contributed by atoms with Crippen molar-refractivity contribution in [2.75, 3.05) is 6.61 Å². The Morgan fingerprint density at radius 2 is 2.17 bits per heavy atom. The molecule has 0 spiro atoms. The largest absolute Gasteiger partial charge is 0.458 e. The molecular formula is C13H16ClN5O4S. The van der Waals surface area contributed by atoms with Crippen LogP contribution in [0.15, 0.2) is 26.9 Å². The highest BCUT2D eigenvalue weighted by molar-refractivity contribution is 7.13. The molecule has 0 aliphatic carbocycles. The number of furan rings is 1. The summed E-state index contributed by atoms with van der Waals surface area (Å²) >= 11 is 1.27. The van der Waals surface area contributed by atoms with Gasteiger partial charge in [0.1, 0.15) is 11.5 Å². The molecule has 0 aliphatic rings. The lowest BCUT2D eigenvalue weighted by Crippen LogP contribution is -2.27. The van der Waals surface area contributed by atoms with Crippen molar-refractivity contribution in [2.24, 2.45) is 16.5 Å². The summed E-state index contributed by atoms with van der Waals surface area (Å²) in [5.41, 5.74) is 11.2. The first-order valence-corrected chi connectivity index (χ1v) is 7.36. The third-order valence-electron chi connectivity index (χ3n) is 2.50. The molecule has 0 saturated heterocycles. The van der Waals surface area contributed by atoms with E-state index in [1.165, 1.54) is 18.3 Å². The van der Waals surface area contributed by atoms with Crippen molar-refractivity contribution >= 4 is 46.7 Å². The summed E-state index contributed by atoms with van der Waals surface area (Å²) in [6.07, 6.45) is 0. The highest BCUT2D eigenvalue weighted by atomic mass is 35.5. The second kappa shape index (κ2) is 8.89. The first kappa shape index (κ1) is 19.5. The Balaban J connectivity index is 0.00000288. The van der Waals surface area contributed by atoms with E-state index in [9.17, 15) is 9.59 Å². The van der Waals surface area contributed by atoms with Crippen LogP contribution >= 0.6 is 23.7 Å².